The van der Waals surface area contributed by atoms with Gasteiger partial charge in [-0.1, -0.05) is 32.4 Å². The second kappa shape index (κ2) is 5.40. The number of nitrogens with one attached hydrogen (secondary N) is 1. The van der Waals surface area contributed by atoms with Crippen LogP contribution in [-0.2, 0) is 4.79 Å². The average Bonchev–Trinajstić information content (AvgIpc) is 2.31. The summed E-state index contributed by atoms with van der Waals surface area (Å²) in [6.07, 6.45) is 0.693. The molecule has 0 bridgehead atoms. The summed E-state index contributed by atoms with van der Waals surface area (Å²) in [5.74, 6) is -1.27. The number of anilines is 1. The molecule has 1 amide bonds. The second-order valence-electron chi connectivity index (χ2n) is 4.69. The summed E-state index contributed by atoms with van der Waals surface area (Å²) >= 11 is 5.75. The van der Waals surface area contributed by atoms with Gasteiger partial charge in [0.15, 0.2) is 0 Å². The zero-order chi connectivity index (χ0) is 13.9. The number of carboxylic acids is 1. The zero-order valence-electron chi connectivity index (χ0n) is 10.6. The highest BCUT2D eigenvalue weighted by atomic mass is 35.5. The molecule has 0 aliphatic carbocycles. The fraction of sp³-hybridized carbons (Fsp3) is 0.385. The number of carboxylic acid groups (broad SMARTS) is 1. The maximum atomic E-state index is 11.9. The van der Waals surface area contributed by atoms with E-state index in [-0.39, 0.29) is 16.5 Å². The molecule has 0 saturated heterocycles. The first-order valence-electron chi connectivity index (χ1n) is 5.62. The van der Waals surface area contributed by atoms with Crippen molar-refractivity contribution in [3.05, 3.63) is 28.8 Å². The normalized spacial score (nSPS) is 11.1. The number of carbonyl (C=O) groups is 2. The lowest BCUT2D eigenvalue weighted by molar-refractivity contribution is -0.124. The number of aromatic carboxylic acids is 1. The Morgan fingerprint density at radius 1 is 1.39 bits per heavy atom. The van der Waals surface area contributed by atoms with Gasteiger partial charge in [0.2, 0.25) is 5.91 Å². The number of carbonyl (C=O) groups excluding carboxylic acids is 1. The predicted octanol–water partition coefficient (Wildman–Crippen LogP) is 3.41. The lowest BCUT2D eigenvalue weighted by atomic mass is 9.89. The van der Waals surface area contributed by atoms with E-state index in [0.717, 1.165) is 0 Å². The quantitative estimate of drug-likeness (QED) is 0.880. The average molecular weight is 270 g/mol. The summed E-state index contributed by atoms with van der Waals surface area (Å²) in [5, 5.41) is 11.8. The first-order chi connectivity index (χ1) is 8.27. The Hall–Kier alpha value is -1.55. The third kappa shape index (κ3) is 3.23. The fourth-order valence-corrected chi connectivity index (χ4v) is 1.43. The van der Waals surface area contributed by atoms with Crippen molar-refractivity contribution in [2.24, 2.45) is 5.41 Å². The van der Waals surface area contributed by atoms with Crippen LogP contribution >= 0.6 is 11.6 Å². The van der Waals surface area contributed by atoms with E-state index >= 15 is 0 Å². The first kappa shape index (κ1) is 14.5. The zero-order valence-corrected chi connectivity index (χ0v) is 11.3. The SMILES string of the molecule is CCC(C)(C)C(=O)Nc1ccc(Cl)c(C(=O)O)c1. The van der Waals surface area contributed by atoms with Crippen molar-refractivity contribution in [2.45, 2.75) is 27.2 Å². The molecule has 0 fully saturated rings. The van der Waals surface area contributed by atoms with Crippen molar-refractivity contribution in [1.82, 2.24) is 0 Å². The molecule has 2 N–H and O–H groups in total. The van der Waals surface area contributed by atoms with Gasteiger partial charge in [-0.3, -0.25) is 4.79 Å². The third-order valence-electron chi connectivity index (χ3n) is 2.95. The van der Waals surface area contributed by atoms with E-state index in [1.165, 1.54) is 12.1 Å². The Morgan fingerprint density at radius 2 is 2.00 bits per heavy atom. The second-order valence-corrected chi connectivity index (χ2v) is 5.10. The van der Waals surface area contributed by atoms with Crippen molar-refractivity contribution >= 4 is 29.2 Å². The van der Waals surface area contributed by atoms with Gasteiger partial charge in [-0.05, 0) is 24.6 Å². The van der Waals surface area contributed by atoms with Crippen LogP contribution < -0.4 is 5.32 Å². The van der Waals surface area contributed by atoms with Crippen molar-refractivity contribution < 1.29 is 14.7 Å². The molecule has 5 heteroatoms. The van der Waals surface area contributed by atoms with E-state index in [1.54, 1.807) is 6.07 Å². The topological polar surface area (TPSA) is 66.4 Å². The van der Waals surface area contributed by atoms with Crippen molar-refractivity contribution in [3.8, 4) is 0 Å². The van der Waals surface area contributed by atoms with Crippen LogP contribution in [0, 0.1) is 5.41 Å². The van der Waals surface area contributed by atoms with Gasteiger partial charge in [0, 0.05) is 11.1 Å². The molecule has 0 radical (unpaired) electrons. The molecule has 0 heterocycles. The summed E-state index contributed by atoms with van der Waals surface area (Å²) < 4.78 is 0. The van der Waals surface area contributed by atoms with Crippen molar-refractivity contribution in [2.75, 3.05) is 5.32 Å². The Labute approximate surface area is 111 Å². The van der Waals surface area contributed by atoms with Crippen LogP contribution in [0.4, 0.5) is 5.69 Å². The predicted molar refractivity (Wildman–Crippen MR) is 71.1 cm³/mol. The molecule has 0 spiro atoms. The van der Waals surface area contributed by atoms with Gasteiger partial charge >= 0.3 is 5.97 Å². The van der Waals surface area contributed by atoms with Crippen LogP contribution in [0.1, 0.15) is 37.6 Å². The molecule has 0 aliphatic heterocycles. The summed E-state index contributed by atoms with van der Waals surface area (Å²) in [6.45, 7) is 5.58. The van der Waals surface area contributed by atoms with E-state index in [9.17, 15) is 9.59 Å². The van der Waals surface area contributed by atoms with Crippen LogP contribution in [0.2, 0.25) is 5.02 Å². The number of hydrogen-bond acceptors (Lipinski definition) is 2. The van der Waals surface area contributed by atoms with Gasteiger partial charge in [0.25, 0.3) is 0 Å². The molecular weight excluding hydrogens is 254 g/mol. The highest BCUT2D eigenvalue weighted by molar-refractivity contribution is 6.33. The van der Waals surface area contributed by atoms with Gasteiger partial charge in [0.05, 0.1) is 10.6 Å². The van der Waals surface area contributed by atoms with Gasteiger partial charge in [0.1, 0.15) is 0 Å². The molecule has 1 aromatic carbocycles. The van der Waals surface area contributed by atoms with E-state index in [4.69, 9.17) is 16.7 Å². The maximum Gasteiger partial charge on any atom is 0.337 e. The molecular formula is C13H16ClNO3. The number of benzene rings is 1. The van der Waals surface area contributed by atoms with E-state index < -0.39 is 11.4 Å². The van der Waals surface area contributed by atoms with Crippen LogP contribution in [0.5, 0.6) is 0 Å². The molecule has 18 heavy (non-hydrogen) atoms. The van der Waals surface area contributed by atoms with E-state index in [1.807, 2.05) is 20.8 Å². The van der Waals surface area contributed by atoms with E-state index in [0.29, 0.717) is 12.1 Å². The number of rotatable bonds is 4. The minimum absolute atomic E-state index is 0.0243. The molecule has 0 aliphatic rings. The third-order valence-corrected chi connectivity index (χ3v) is 3.28. The Kier molecular flexibility index (Phi) is 4.35. The minimum Gasteiger partial charge on any atom is -0.478 e. The standard InChI is InChI=1S/C13H16ClNO3/c1-4-13(2,3)12(18)15-8-5-6-10(14)9(7-8)11(16)17/h5-7H,4H2,1-3H3,(H,15,18)(H,16,17). The minimum atomic E-state index is -1.12. The summed E-state index contributed by atoms with van der Waals surface area (Å²) in [6, 6.07) is 4.40. The maximum absolute atomic E-state index is 11.9. The lowest BCUT2D eigenvalue weighted by Crippen LogP contribution is -2.30. The Balaban J connectivity index is 2.96. The van der Waals surface area contributed by atoms with Crippen LogP contribution in [0.3, 0.4) is 0 Å². The van der Waals surface area contributed by atoms with Gasteiger partial charge < -0.3 is 10.4 Å². The van der Waals surface area contributed by atoms with Crippen molar-refractivity contribution in [1.29, 1.82) is 0 Å². The molecule has 0 unspecified atom stereocenters. The smallest absolute Gasteiger partial charge is 0.337 e. The Morgan fingerprint density at radius 3 is 2.50 bits per heavy atom. The fourth-order valence-electron chi connectivity index (χ4n) is 1.23. The van der Waals surface area contributed by atoms with Crippen molar-refractivity contribution in [3.63, 3.8) is 0 Å². The molecule has 98 valence electrons. The van der Waals surface area contributed by atoms with Gasteiger partial charge in [-0.25, -0.2) is 4.79 Å². The summed E-state index contributed by atoms with van der Waals surface area (Å²) in [5.41, 5.74) is -0.0877. The highest BCUT2D eigenvalue weighted by Crippen LogP contribution is 2.25. The number of hydrogen-bond donors (Lipinski definition) is 2. The number of halogens is 1. The highest BCUT2D eigenvalue weighted by Gasteiger charge is 2.25. The Bertz CT molecular complexity index is 483. The summed E-state index contributed by atoms with van der Waals surface area (Å²) in [4.78, 5) is 22.9. The van der Waals surface area contributed by atoms with Gasteiger partial charge in [-0.15, -0.1) is 0 Å². The van der Waals surface area contributed by atoms with Crippen LogP contribution in [0.15, 0.2) is 18.2 Å². The van der Waals surface area contributed by atoms with E-state index in [2.05, 4.69) is 5.32 Å². The molecule has 4 nitrogen and oxygen atoms in total. The monoisotopic (exact) mass is 269 g/mol. The molecule has 0 saturated carbocycles. The molecule has 0 aromatic heterocycles. The van der Waals surface area contributed by atoms with Crippen LogP contribution in [-0.4, -0.2) is 17.0 Å². The molecule has 0 atom stereocenters. The largest absolute Gasteiger partial charge is 0.478 e. The van der Waals surface area contributed by atoms with Crippen LogP contribution in [0.25, 0.3) is 0 Å². The first-order valence-corrected chi connectivity index (χ1v) is 6.00. The molecule has 1 aromatic rings. The molecule has 1 rings (SSSR count). The summed E-state index contributed by atoms with van der Waals surface area (Å²) in [7, 11) is 0. The van der Waals surface area contributed by atoms with Gasteiger partial charge in [-0.2, -0.15) is 0 Å². The number of amides is 1. The lowest BCUT2D eigenvalue weighted by Gasteiger charge is -2.21.